The molecule has 3 aromatic rings. The molecule has 3 aliphatic rings. The number of aliphatic hydroxyl groups is 1. The van der Waals surface area contributed by atoms with E-state index in [1.165, 1.54) is 4.90 Å². The van der Waals surface area contributed by atoms with Gasteiger partial charge < -0.3 is 24.0 Å². The second-order valence-electron chi connectivity index (χ2n) is 11.1. The summed E-state index contributed by atoms with van der Waals surface area (Å²) in [7, 11) is 1.65. The molecular weight excluding hydrogens is 524 g/mol. The van der Waals surface area contributed by atoms with Crippen LogP contribution < -0.4 is 10.2 Å². The fourth-order valence-electron chi connectivity index (χ4n) is 6.07. The largest absolute Gasteiger partial charge is 0.494 e. The summed E-state index contributed by atoms with van der Waals surface area (Å²) in [6.07, 6.45) is 3.46. The number of nitrogens with zero attached hydrogens (tertiary/aromatic N) is 3. The number of nitrogens with one attached hydrogen (secondary N) is 1. The number of likely N-dealkylation sites (N-methyl/N-ethyl adjacent to an activating group) is 1. The third-order valence-electron chi connectivity index (χ3n) is 8.37. The summed E-state index contributed by atoms with van der Waals surface area (Å²) in [5.74, 6) is 0.0341. The van der Waals surface area contributed by atoms with Crippen LogP contribution in [-0.4, -0.2) is 70.7 Å². The summed E-state index contributed by atoms with van der Waals surface area (Å²) >= 11 is 0. The van der Waals surface area contributed by atoms with Crippen molar-refractivity contribution in [3.8, 4) is 5.75 Å². The second kappa shape index (κ2) is 11.8. The number of aromatic nitrogens is 1. The first-order valence-electron chi connectivity index (χ1n) is 14.6. The van der Waals surface area contributed by atoms with E-state index in [0.717, 1.165) is 65.6 Å². The lowest BCUT2D eigenvalue weighted by Crippen LogP contribution is -2.59. The highest BCUT2D eigenvalue weighted by Crippen LogP contribution is 2.42. The zero-order valence-corrected chi connectivity index (χ0v) is 23.7. The molecule has 41 heavy (non-hydrogen) atoms. The molecule has 0 spiro atoms. The number of fused-ring (bicyclic) bond motifs is 6. The van der Waals surface area contributed by atoms with Crippen molar-refractivity contribution in [2.45, 2.75) is 70.7 Å². The van der Waals surface area contributed by atoms with Gasteiger partial charge in [0.1, 0.15) is 5.75 Å². The van der Waals surface area contributed by atoms with Gasteiger partial charge in [0.2, 0.25) is 5.91 Å². The first-order valence-corrected chi connectivity index (χ1v) is 14.6. The van der Waals surface area contributed by atoms with Crippen molar-refractivity contribution in [2.75, 3.05) is 26.8 Å². The van der Waals surface area contributed by atoms with E-state index in [0.29, 0.717) is 38.4 Å². The van der Waals surface area contributed by atoms with Crippen molar-refractivity contribution in [2.24, 2.45) is 0 Å². The Balaban J connectivity index is 1.28. The van der Waals surface area contributed by atoms with Gasteiger partial charge >= 0.3 is 0 Å². The van der Waals surface area contributed by atoms with Crippen LogP contribution in [0.4, 0.5) is 0 Å². The van der Waals surface area contributed by atoms with Crippen LogP contribution in [-0.2, 0) is 27.5 Å². The van der Waals surface area contributed by atoms with Crippen molar-refractivity contribution >= 4 is 22.7 Å². The van der Waals surface area contributed by atoms with Crippen LogP contribution >= 0.6 is 0 Å². The van der Waals surface area contributed by atoms with Crippen LogP contribution in [0, 0.1) is 0 Å². The topological polar surface area (TPSA) is 106 Å². The summed E-state index contributed by atoms with van der Waals surface area (Å²) in [5.41, 5.74) is 7.06. The number of rotatable bonds is 9. The van der Waals surface area contributed by atoms with Crippen LogP contribution in [0.2, 0.25) is 0 Å². The number of ether oxygens (including phenoxy) is 2. The van der Waals surface area contributed by atoms with E-state index >= 15 is 0 Å². The molecule has 2 N–H and O–H groups in total. The molecule has 2 saturated heterocycles. The van der Waals surface area contributed by atoms with Gasteiger partial charge in [0.25, 0.3) is 5.91 Å². The van der Waals surface area contributed by atoms with Gasteiger partial charge in [-0.15, -0.1) is 0 Å². The molecule has 0 aliphatic carbocycles. The normalized spacial score (nSPS) is 23.9. The summed E-state index contributed by atoms with van der Waals surface area (Å²) in [6, 6.07) is 13.5. The molecule has 0 saturated carbocycles. The molecule has 2 bridgehead atoms. The first-order chi connectivity index (χ1) is 19.9. The lowest BCUT2D eigenvalue weighted by molar-refractivity contribution is -0.186. The zero-order chi connectivity index (χ0) is 28.5. The number of carbonyl (C=O) groups is 2. The first kappa shape index (κ1) is 27.7. The Morgan fingerprint density at radius 3 is 2.76 bits per heavy atom. The number of aliphatic hydroxyl groups excluding tert-OH is 1. The van der Waals surface area contributed by atoms with Gasteiger partial charge in [-0.3, -0.25) is 14.5 Å². The fourth-order valence-corrected chi connectivity index (χ4v) is 6.07. The van der Waals surface area contributed by atoms with Crippen molar-refractivity contribution < 1.29 is 29.0 Å². The monoisotopic (exact) mass is 562 g/mol. The third kappa shape index (κ3) is 5.44. The molecule has 10 nitrogen and oxygen atoms in total. The number of carbonyl (C=O) groups excluding carboxylic acids is 2. The van der Waals surface area contributed by atoms with E-state index in [1.54, 1.807) is 19.2 Å². The minimum atomic E-state index is -0.953. The quantitative estimate of drug-likeness (QED) is 0.303. The third-order valence-corrected chi connectivity index (χ3v) is 8.37. The molecule has 10 heteroatoms. The Morgan fingerprint density at radius 1 is 1.17 bits per heavy atom. The molecule has 2 amide bonds. The summed E-state index contributed by atoms with van der Waals surface area (Å²) in [6.45, 7) is 4.98. The highest BCUT2D eigenvalue weighted by atomic mass is 16.8. The highest BCUT2D eigenvalue weighted by Gasteiger charge is 2.44. The van der Waals surface area contributed by atoms with E-state index in [-0.39, 0.29) is 17.7 Å². The highest BCUT2D eigenvalue weighted by molar-refractivity contribution is 5.96. The van der Waals surface area contributed by atoms with Crippen molar-refractivity contribution in [1.29, 1.82) is 0 Å². The average Bonchev–Trinajstić information content (AvgIpc) is 3.31. The van der Waals surface area contributed by atoms with Crippen LogP contribution in [0.5, 0.6) is 5.75 Å². The van der Waals surface area contributed by atoms with Crippen LogP contribution in [0.1, 0.15) is 72.1 Å². The number of amides is 2. The van der Waals surface area contributed by atoms with E-state index in [4.69, 9.17) is 14.3 Å². The number of unbranched alkanes of at least 4 members (excludes halogenated alkanes) is 1. The van der Waals surface area contributed by atoms with E-state index in [9.17, 15) is 14.7 Å². The van der Waals surface area contributed by atoms with E-state index in [2.05, 4.69) is 29.1 Å². The summed E-state index contributed by atoms with van der Waals surface area (Å²) in [4.78, 5) is 34.7. The van der Waals surface area contributed by atoms with Crippen LogP contribution in [0.3, 0.4) is 0 Å². The zero-order valence-electron chi connectivity index (χ0n) is 23.7. The van der Waals surface area contributed by atoms with Gasteiger partial charge in [-0.05, 0) is 60.7 Å². The Hall–Kier alpha value is -3.44. The van der Waals surface area contributed by atoms with Gasteiger partial charge in [0, 0.05) is 61.9 Å². The van der Waals surface area contributed by atoms with E-state index in [1.807, 2.05) is 23.1 Å². The fraction of sp³-hybridized carbons (Fsp3) is 0.484. The maximum absolute atomic E-state index is 13.3. The summed E-state index contributed by atoms with van der Waals surface area (Å²) < 4.78 is 13.8. The molecular formula is C31H38N4O6. The smallest absolute Gasteiger partial charge is 0.274 e. The molecule has 1 aromatic heterocycles. The minimum Gasteiger partial charge on any atom is -0.494 e. The molecule has 3 aliphatic heterocycles. The number of hydrogen-bond acceptors (Lipinski definition) is 7. The van der Waals surface area contributed by atoms with Crippen LogP contribution in [0.25, 0.3) is 10.9 Å². The molecule has 218 valence electrons. The van der Waals surface area contributed by atoms with Gasteiger partial charge in [-0.2, -0.15) is 0 Å². The standard InChI is InChI=1S/C31H38N4O6/c1-3-4-14-39-22-12-13-25-23(16-22)28-24-18-34(31(38)33(2)30(24)37)19-26(28)35(25)17-20-8-10-21(11-9-20)29(36)32-41-27-7-5-6-15-40-27/h8-13,16,24,27,31,38H,3-7,14-15,17-19H2,1-2H3,(H,32,36). The maximum atomic E-state index is 13.3. The second-order valence-corrected chi connectivity index (χ2v) is 11.1. The number of hydroxylamine groups is 1. The maximum Gasteiger partial charge on any atom is 0.274 e. The van der Waals surface area contributed by atoms with Crippen LogP contribution in [0.15, 0.2) is 42.5 Å². The predicted octanol–water partition coefficient (Wildman–Crippen LogP) is 3.70. The lowest BCUT2D eigenvalue weighted by atomic mass is 9.89. The lowest BCUT2D eigenvalue weighted by Gasteiger charge is -2.45. The Kier molecular flexibility index (Phi) is 7.99. The van der Waals surface area contributed by atoms with Gasteiger partial charge in [-0.25, -0.2) is 10.3 Å². The van der Waals surface area contributed by atoms with Crippen molar-refractivity contribution in [1.82, 2.24) is 19.8 Å². The van der Waals surface area contributed by atoms with Gasteiger partial charge in [0.15, 0.2) is 12.6 Å². The Morgan fingerprint density at radius 2 is 2.00 bits per heavy atom. The number of benzene rings is 2. The Bertz CT molecular complexity index is 1410. The Labute approximate surface area is 239 Å². The molecule has 2 fully saturated rings. The molecule has 2 aromatic carbocycles. The van der Waals surface area contributed by atoms with Crippen molar-refractivity contribution in [3.63, 3.8) is 0 Å². The van der Waals surface area contributed by atoms with Gasteiger partial charge in [0.05, 0.1) is 12.5 Å². The average molecular weight is 563 g/mol. The molecule has 4 unspecified atom stereocenters. The minimum absolute atomic E-state index is 0.0812. The van der Waals surface area contributed by atoms with Gasteiger partial charge in [-0.1, -0.05) is 25.5 Å². The van der Waals surface area contributed by atoms with E-state index < -0.39 is 12.6 Å². The molecule has 6 rings (SSSR count). The number of hydrogen-bond donors (Lipinski definition) is 2. The SMILES string of the molecule is CCCCOc1ccc2c(c1)c1c(n2Cc2ccc(C(=O)NOC3CCCCO3)cc2)CN2CC1C(=O)N(C)C2O. The molecule has 4 heterocycles. The molecule has 0 radical (unpaired) electrons. The molecule has 4 atom stereocenters. The summed E-state index contributed by atoms with van der Waals surface area (Å²) in [5, 5.41) is 11.8. The predicted molar refractivity (Wildman–Crippen MR) is 152 cm³/mol. The van der Waals surface area contributed by atoms with Crippen molar-refractivity contribution in [3.05, 3.63) is 64.8 Å².